The van der Waals surface area contributed by atoms with Crippen LogP contribution in [0.15, 0.2) is 108 Å². The van der Waals surface area contributed by atoms with Crippen molar-refractivity contribution in [1.82, 2.24) is 9.55 Å². The molecule has 0 saturated heterocycles. The molecule has 3 aromatic carbocycles. The van der Waals surface area contributed by atoms with Crippen molar-refractivity contribution in [2.24, 2.45) is 0 Å². The number of halogens is 2. The van der Waals surface area contributed by atoms with Gasteiger partial charge in [0.1, 0.15) is 17.3 Å². The molecule has 0 saturated carbocycles. The van der Waals surface area contributed by atoms with Crippen LogP contribution in [-0.2, 0) is 6.54 Å². The zero-order valence-corrected chi connectivity index (χ0v) is 20.5. The molecule has 2 aromatic heterocycles. The molecule has 168 valence electrons. The van der Waals surface area contributed by atoms with Crippen LogP contribution in [0.3, 0.4) is 0 Å². The van der Waals surface area contributed by atoms with Crippen LogP contribution in [0.1, 0.15) is 5.69 Å². The second kappa shape index (κ2) is 9.75. The van der Waals surface area contributed by atoms with Gasteiger partial charge in [0.25, 0.3) is 0 Å². The lowest BCUT2D eigenvalue weighted by atomic mass is 10.1. The molecule has 0 aliphatic heterocycles. The first-order valence-corrected chi connectivity index (χ1v) is 11.9. The molecule has 2 heterocycles. The van der Waals surface area contributed by atoms with E-state index in [4.69, 9.17) is 22.1 Å². The van der Waals surface area contributed by atoms with Gasteiger partial charge in [-0.3, -0.25) is 0 Å². The molecule has 0 aliphatic carbocycles. The largest absolute Gasteiger partial charge is 0.457 e. The minimum atomic E-state index is 0.500. The van der Waals surface area contributed by atoms with Crippen LogP contribution in [-0.4, -0.2) is 9.55 Å². The van der Waals surface area contributed by atoms with Crippen molar-refractivity contribution < 1.29 is 4.74 Å². The molecule has 0 spiro atoms. The number of nitrogen functional groups attached to an aromatic ring is 1. The predicted molar refractivity (Wildman–Crippen MR) is 142 cm³/mol. The van der Waals surface area contributed by atoms with Gasteiger partial charge in [-0.1, -0.05) is 51.8 Å². The molecule has 0 radical (unpaired) electrons. The molecule has 6 heteroatoms. The molecule has 0 amide bonds. The fraction of sp³-hybridized carbons (Fsp3) is 0.0357. The molecule has 0 fully saturated rings. The van der Waals surface area contributed by atoms with E-state index in [1.807, 2.05) is 72.8 Å². The second-order valence-corrected chi connectivity index (χ2v) is 9.13. The quantitative estimate of drug-likeness (QED) is 0.242. The highest BCUT2D eigenvalue weighted by Crippen LogP contribution is 2.34. The molecule has 2 N–H and O–H groups in total. The summed E-state index contributed by atoms with van der Waals surface area (Å²) < 4.78 is 9.21. The van der Waals surface area contributed by atoms with E-state index in [2.05, 4.69) is 49.7 Å². The maximum absolute atomic E-state index is 6.55. The number of benzene rings is 3. The summed E-state index contributed by atoms with van der Waals surface area (Å²) in [5, 5.41) is 0.701. The van der Waals surface area contributed by atoms with E-state index in [-0.39, 0.29) is 0 Å². The minimum Gasteiger partial charge on any atom is -0.457 e. The summed E-state index contributed by atoms with van der Waals surface area (Å²) >= 11 is 10.00. The fourth-order valence-electron chi connectivity index (χ4n) is 3.87. The Morgan fingerprint density at radius 2 is 1.44 bits per heavy atom. The summed E-state index contributed by atoms with van der Waals surface area (Å²) in [6.45, 7) is 0.561. The van der Waals surface area contributed by atoms with Gasteiger partial charge in [0.2, 0.25) is 0 Å². The van der Waals surface area contributed by atoms with Crippen molar-refractivity contribution in [1.29, 1.82) is 0 Å². The van der Waals surface area contributed by atoms with Gasteiger partial charge in [0.05, 0.1) is 17.9 Å². The maximum Gasteiger partial charge on any atom is 0.127 e. The van der Waals surface area contributed by atoms with E-state index in [9.17, 15) is 0 Å². The van der Waals surface area contributed by atoms with E-state index in [0.29, 0.717) is 17.4 Å². The summed E-state index contributed by atoms with van der Waals surface area (Å²) in [7, 11) is 0. The molecule has 0 unspecified atom stereocenters. The van der Waals surface area contributed by atoms with Crippen LogP contribution >= 0.6 is 27.5 Å². The first-order chi connectivity index (χ1) is 16.6. The Balaban J connectivity index is 1.51. The Morgan fingerprint density at radius 1 is 0.765 bits per heavy atom. The van der Waals surface area contributed by atoms with Crippen molar-refractivity contribution >= 4 is 33.3 Å². The normalized spacial score (nSPS) is 10.9. The van der Waals surface area contributed by atoms with Crippen LogP contribution in [0.25, 0.3) is 22.5 Å². The molecule has 0 atom stereocenters. The Morgan fingerprint density at radius 3 is 2.15 bits per heavy atom. The second-order valence-electron chi connectivity index (χ2n) is 7.80. The SMILES string of the molecule is Nc1cccc(Cn2c(-c3ccc(Oc4ccc(Br)cc4)cc3)ccc2-c2ccccc2Cl)n1. The third kappa shape index (κ3) is 4.86. The van der Waals surface area contributed by atoms with Gasteiger partial charge in [-0.15, -0.1) is 0 Å². The average Bonchev–Trinajstić information content (AvgIpc) is 3.24. The Hall–Kier alpha value is -3.54. The number of rotatable bonds is 6. The Bertz CT molecular complexity index is 1430. The highest BCUT2D eigenvalue weighted by atomic mass is 79.9. The summed E-state index contributed by atoms with van der Waals surface area (Å²) in [4.78, 5) is 4.51. The summed E-state index contributed by atoms with van der Waals surface area (Å²) in [5.74, 6) is 2.06. The topological polar surface area (TPSA) is 53.1 Å². The van der Waals surface area contributed by atoms with Crippen molar-refractivity contribution in [3.63, 3.8) is 0 Å². The summed E-state index contributed by atoms with van der Waals surface area (Å²) in [5.41, 5.74) is 10.9. The number of hydrogen-bond acceptors (Lipinski definition) is 3. The molecule has 0 aliphatic rings. The van der Waals surface area contributed by atoms with Gasteiger partial charge in [-0.25, -0.2) is 4.98 Å². The fourth-order valence-corrected chi connectivity index (χ4v) is 4.37. The standard InChI is InChI=1S/C28H21BrClN3O/c29-20-10-14-23(15-11-20)34-22-12-8-19(9-13-22)26-16-17-27(24-5-1-2-6-25(24)30)33(26)18-21-4-3-7-28(31)32-21/h1-17H,18H2,(H2,31,32). The molecule has 4 nitrogen and oxygen atoms in total. The predicted octanol–water partition coefficient (Wildman–Crippen LogP) is 8.06. The molecule has 0 bridgehead atoms. The van der Waals surface area contributed by atoms with Gasteiger partial charge < -0.3 is 15.0 Å². The number of pyridine rings is 1. The van der Waals surface area contributed by atoms with Crippen LogP contribution < -0.4 is 10.5 Å². The molecule has 34 heavy (non-hydrogen) atoms. The van der Waals surface area contributed by atoms with E-state index >= 15 is 0 Å². The van der Waals surface area contributed by atoms with Gasteiger partial charge in [-0.05, 0) is 84.4 Å². The summed E-state index contributed by atoms with van der Waals surface area (Å²) in [6, 6.07) is 33.6. The minimum absolute atomic E-state index is 0.500. The maximum atomic E-state index is 6.55. The first kappa shape index (κ1) is 22.3. The number of nitrogens with zero attached hydrogens (tertiary/aromatic N) is 2. The van der Waals surface area contributed by atoms with Crippen LogP contribution in [0, 0.1) is 0 Å². The molecular weight excluding hydrogens is 510 g/mol. The highest BCUT2D eigenvalue weighted by molar-refractivity contribution is 9.10. The highest BCUT2D eigenvalue weighted by Gasteiger charge is 2.15. The van der Waals surface area contributed by atoms with Crippen molar-refractivity contribution in [2.75, 3.05) is 5.73 Å². The van der Waals surface area contributed by atoms with Crippen LogP contribution in [0.5, 0.6) is 11.5 Å². The number of hydrogen-bond donors (Lipinski definition) is 1. The van der Waals surface area contributed by atoms with E-state index < -0.39 is 0 Å². The smallest absolute Gasteiger partial charge is 0.127 e. The van der Waals surface area contributed by atoms with Crippen LogP contribution in [0.2, 0.25) is 5.02 Å². The number of anilines is 1. The third-order valence-electron chi connectivity index (χ3n) is 5.48. The zero-order valence-electron chi connectivity index (χ0n) is 18.2. The van der Waals surface area contributed by atoms with Gasteiger partial charge in [0, 0.05) is 20.8 Å². The lowest BCUT2D eigenvalue weighted by Gasteiger charge is -2.15. The first-order valence-electron chi connectivity index (χ1n) is 10.8. The van der Waals surface area contributed by atoms with Crippen LogP contribution in [0.4, 0.5) is 5.82 Å². The molecular formula is C28H21BrClN3O. The van der Waals surface area contributed by atoms with E-state index in [1.165, 1.54) is 0 Å². The van der Waals surface area contributed by atoms with Gasteiger partial charge in [0.15, 0.2) is 0 Å². The number of nitrogens with two attached hydrogens (primary N) is 1. The molecule has 5 rings (SSSR count). The van der Waals surface area contributed by atoms with Crippen molar-refractivity contribution in [3.8, 4) is 34.0 Å². The monoisotopic (exact) mass is 529 g/mol. The average molecular weight is 531 g/mol. The molecule has 5 aromatic rings. The Kier molecular flexibility index (Phi) is 6.39. The lowest BCUT2D eigenvalue weighted by molar-refractivity contribution is 0.482. The Labute approximate surface area is 211 Å². The number of ether oxygens (including phenoxy) is 1. The van der Waals surface area contributed by atoms with E-state index in [0.717, 1.165) is 44.2 Å². The summed E-state index contributed by atoms with van der Waals surface area (Å²) in [6.07, 6.45) is 0. The van der Waals surface area contributed by atoms with E-state index in [1.54, 1.807) is 6.07 Å². The van der Waals surface area contributed by atoms with Gasteiger partial charge >= 0.3 is 0 Å². The lowest BCUT2D eigenvalue weighted by Crippen LogP contribution is -2.06. The van der Waals surface area contributed by atoms with Crippen molar-refractivity contribution in [2.45, 2.75) is 6.54 Å². The third-order valence-corrected chi connectivity index (χ3v) is 6.34. The number of aromatic nitrogens is 2. The zero-order chi connectivity index (χ0) is 23.5. The van der Waals surface area contributed by atoms with Gasteiger partial charge in [-0.2, -0.15) is 0 Å². The van der Waals surface area contributed by atoms with Crippen molar-refractivity contribution in [3.05, 3.63) is 118 Å².